The highest BCUT2D eigenvalue weighted by Crippen LogP contribution is 2.48. The number of β-lactam (4-membered cyclic amide) rings is 1. The van der Waals surface area contributed by atoms with Gasteiger partial charge in [0.15, 0.2) is 6.10 Å². The largest absolute Gasteiger partial charge is 0.366 e. The van der Waals surface area contributed by atoms with Crippen molar-refractivity contribution >= 4 is 11.8 Å². The van der Waals surface area contributed by atoms with Crippen molar-refractivity contribution in [2.45, 2.75) is 75.5 Å². The summed E-state index contributed by atoms with van der Waals surface area (Å²) in [5.41, 5.74) is 0.273. The Morgan fingerprint density at radius 1 is 1.10 bits per heavy atom. The van der Waals surface area contributed by atoms with Crippen LogP contribution in [0.5, 0.6) is 0 Å². The van der Waals surface area contributed by atoms with E-state index < -0.39 is 5.82 Å². The van der Waals surface area contributed by atoms with Gasteiger partial charge in [0.05, 0.1) is 12.1 Å². The van der Waals surface area contributed by atoms with E-state index in [9.17, 15) is 14.0 Å². The molecular weight excluding hydrogens is 383 g/mol. The van der Waals surface area contributed by atoms with Gasteiger partial charge in [0.2, 0.25) is 0 Å². The first-order chi connectivity index (χ1) is 14.6. The summed E-state index contributed by atoms with van der Waals surface area (Å²) in [5, 5.41) is 0. The Morgan fingerprint density at radius 2 is 1.83 bits per heavy atom. The number of halogens is 1. The highest BCUT2D eigenvalue weighted by molar-refractivity contribution is 5.94. The number of benzene rings is 1. The minimum atomic E-state index is -0.390. The van der Waals surface area contributed by atoms with Crippen LogP contribution in [0.15, 0.2) is 24.3 Å². The van der Waals surface area contributed by atoms with Crippen LogP contribution in [0, 0.1) is 11.7 Å². The first kappa shape index (κ1) is 20.0. The van der Waals surface area contributed by atoms with E-state index in [-0.39, 0.29) is 29.5 Å². The summed E-state index contributed by atoms with van der Waals surface area (Å²) in [5.74, 6) is 0.302. The second kappa shape index (κ2) is 7.95. The molecule has 5 rings (SSSR count). The van der Waals surface area contributed by atoms with Gasteiger partial charge in [-0.15, -0.1) is 0 Å². The summed E-state index contributed by atoms with van der Waals surface area (Å²) in [6.45, 7) is 1.94. The van der Waals surface area contributed by atoms with Crippen LogP contribution in [-0.2, 0) is 9.53 Å². The third kappa shape index (κ3) is 3.53. The Labute approximate surface area is 177 Å². The van der Waals surface area contributed by atoms with Gasteiger partial charge in [-0.25, -0.2) is 4.39 Å². The molecule has 1 aromatic carbocycles. The topological polar surface area (TPSA) is 49.9 Å². The number of amides is 2. The molecule has 0 radical (unpaired) electrons. The van der Waals surface area contributed by atoms with E-state index in [1.54, 1.807) is 17.0 Å². The molecule has 2 saturated carbocycles. The molecule has 2 heterocycles. The molecule has 2 aliphatic carbocycles. The fourth-order valence-corrected chi connectivity index (χ4v) is 5.72. The van der Waals surface area contributed by atoms with Crippen LogP contribution in [-0.4, -0.2) is 59.0 Å². The fourth-order valence-electron chi connectivity index (χ4n) is 5.72. The van der Waals surface area contributed by atoms with Crippen LogP contribution in [0.1, 0.15) is 68.1 Å². The number of carbonyl (C=O) groups excluding carboxylic acids is 2. The predicted molar refractivity (Wildman–Crippen MR) is 110 cm³/mol. The number of piperidine rings is 1. The molecule has 4 aliphatic rings. The van der Waals surface area contributed by atoms with Crippen molar-refractivity contribution in [3.8, 4) is 0 Å². The van der Waals surface area contributed by atoms with Gasteiger partial charge in [-0.3, -0.25) is 9.59 Å². The lowest BCUT2D eigenvalue weighted by Gasteiger charge is -2.62. The Bertz CT molecular complexity index is 810. The first-order valence-corrected chi connectivity index (χ1v) is 11.6. The lowest BCUT2D eigenvalue weighted by atomic mass is 9.68. The SMILES string of the molecule is O=C(c1cccc(F)c1)N1CCC(N2C(=O)C(OCC3CC3)C23CCCCC3)CC1. The molecule has 0 bridgehead atoms. The van der Waals surface area contributed by atoms with Crippen LogP contribution in [0.3, 0.4) is 0 Å². The van der Waals surface area contributed by atoms with E-state index in [0.29, 0.717) is 24.6 Å². The molecule has 6 heteroatoms. The van der Waals surface area contributed by atoms with Crippen molar-refractivity contribution in [2.75, 3.05) is 19.7 Å². The molecule has 4 fully saturated rings. The van der Waals surface area contributed by atoms with Gasteiger partial charge >= 0.3 is 0 Å². The standard InChI is InChI=1S/C24H31FN2O3/c25-19-6-4-5-18(15-19)22(28)26-13-9-20(10-14-26)27-23(29)21(30-16-17-7-8-17)24(27)11-2-1-3-12-24/h4-6,15,17,20-21H,1-3,7-14,16H2. The minimum absolute atomic E-state index is 0.121. The van der Waals surface area contributed by atoms with Crippen molar-refractivity contribution < 1.29 is 18.7 Å². The summed E-state index contributed by atoms with van der Waals surface area (Å²) in [4.78, 5) is 29.8. The third-order valence-corrected chi connectivity index (χ3v) is 7.53. The van der Waals surface area contributed by atoms with E-state index in [4.69, 9.17) is 4.74 Å². The van der Waals surface area contributed by atoms with Gasteiger partial charge in [0.25, 0.3) is 11.8 Å². The average Bonchev–Trinajstić information content (AvgIpc) is 3.59. The Kier molecular flexibility index (Phi) is 5.30. The molecule has 162 valence electrons. The normalized spacial score (nSPS) is 26.7. The zero-order chi connectivity index (χ0) is 20.7. The van der Waals surface area contributed by atoms with Crippen LogP contribution in [0.4, 0.5) is 4.39 Å². The molecule has 5 nitrogen and oxygen atoms in total. The van der Waals surface area contributed by atoms with Gasteiger partial charge in [0, 0.05) is 24.7 Å². The van der Waals surface area contributed by atoms with Crippen molar-refractivity contribution in [3.63, 3.8) is 0 Å². The molecule has 1 atom stereocenters. The number of rotatable bonds is 5. The molecular formula is C24H31FN2O3. The lowest BCUT2D eigenvalue weighted by Crippen LogP contribution is -2.78. The highest BCUT2D eigenvalue weighted by atomic mass is 19.1. The Morgan fingerprint density at radius 3 is 2.50 bits per heavy atom. The molecule has 2 amide bonds. The van der Waals surface area contributed by atoms with Crippen LogP contribution >= 0.6 is 0 Å². The number of hydrogen-bond donors (Lipinski definition) is 0. The van der Waals surface area contributed by atoms with Crippen LogP contribution in [0.2, 0.25) is 0 Å². The molecule has 0 aromatic heterocycles. The molecule has 1 aromatic rings. The summed E-state index contributed by atoms with van der Waals surface area (Å²) >= 11 is 0. The summed E-state index contributed by atoms with van der Waals surface area (Å²) in [7, 11) is 0. The molecule has 1 spiro atoms. The number of likely N-dealkylation sites (tertiary alicyclic amines) is 2. The maximum Gasteiger partial charge on any atom is 0.254 e. The zero-order valence-electron chi connectivity index (χ0n) is 17.5. The van der Waals surface area contributed by atoms with E-state index in [1.807, 2.05) is 0 Å². The predicted octanol–water partition coefficient (Wildman–Crippen LogP) is 3.77. The van der Waals surface area contributed by atoms with Gasteiger partial charge in [-0.05, 0) is 62.6 Å². The Hall–Kier alpha value is -1.95. The Balaban J connectivity index is 1.24. The van der Waals surface area contributed by atoms with Crippen molar-refractivity contribution in [1.29, 1.82) is 0 Å². The first-order valence-electron chi connectivity index (χ1n) is 11.6. The molecule has 1 unspecified atom stereocenters. The number of nitrogens with zero attached hydrogens (tertiary/aromatic N) is 2. The second-order valence-electron chi connectivity index (χ2n) is 9.56. The summed E-state index contributed by atoms with van der Waals surface area (Å²) in [6.07, 6.45) is 9.39. The molecule has 2 aliphatic heterocycles. The minimum Gasteiger partial charge on any atom is -0.366 e. The van der Waals surface area contributed by atoms with E-state index >= 15 is 0 Å². The molecule has 2 saturated heterocycles. The van der Waals surface area contributed by atoms with Crippen molar-refractivity contribution in [3.05, 3.63) is 35.6 Å². The van der Waals surface area contributed by atoms with E-state index in [2.05, 4.69) is 4.90 Å². The van der Waals surface area contributed by atoms with E-state index in [0.717, 1.165) is 45.1 Å². The van der Waals surface area contributed by atoms with Crippen LogP contribution < -0.4 is 0 Å². The molecule has 0 N–H and O–H groups in total. The van der Waals surface area contributed by atoms with Crippen molar-refractivity contribution in [1.82, 2.24) is 9.80 Å². The number of hydrogen-bond acceptors (Lipinski definition) is 3. The lowest BCUT2D eigenvalue weighted by molar-refractivity contribution is -0.211. The van der Waals surface area contributed by atoms with E-state index in [1.165, 1.54) is 31.4 Å². The maximum atomic E-state index is 13.5. The molecule has 30 heavy (non-hydrogen) atoms. The van der Waals surface area contributed by atoms with Gasteiger partial charge < -0.3 is 14.5 Å². The van der Waals surface area contributed by atoms with Gasteiger partial charge in [0.1, 0.15) is 5.82 Å². The van der Waals surface area contributed by atoms with Crippen LogP contribution in [0.25, 0.3) is 0 Å². The number of carbonyl (C=O) groups is 2. The van der Waals surface area contributed by atoms with Gasteiger partial charge in [-0.2, -0.15) is 0 Å². The highest BCUT2D eigenvalue weighted by Gasteiger charge is 2.62. The monoisotopic (exact) mass is 414 g/mol. The summed E-state index contributed by atoms with van der Waals surface area (Å²) in [6, 6.07) is 6.06. The average molecular weight is 415 g/mol. The van der Waals surface area contributed by atoms with Crippen molar-refractivity contribution in [2.24, 2.45) is 5.92 Å². The maximum absolute atomic E-state index is 13.5. The fraction of sp³-hybridized carbons (Fsp3) is 0.667. The summed E-state index contributed by atoms with van der Waals surface area (Å²) < 4.78 is 19.7. The zero-order valence-corrected chi connectivity index (χ0v) is 17.5. The smallest absolute Gasteiger partial charge is 0.254 e. The quantitative estimate of drug-likeness (QED) is 0.689. The number of ether oxygens (including phenoxy) is 1. The second-order valence-corrected chi connectivity index (χ2v) is 9.56. The third-order valence-electron chi connectivity index (χ3n) is 7.53. The van der Waals surface area contributed by atoms with Gasteiger partial charge in [-0.1, -0.05) is 25.3 Å².